The number of urea groups is 1. The van der Waals surface area contributed by atoms with Gasteiger partial charge in [-0.05, 0) is 48.9 Å². The second kappa shape index (κ2) is 8.82. The lowest BCUT2D eigenvalue weighted by atomic mass is 9.94. The summed E-state index contributed by atoms with van der Waals surface area (Å²) in [5.74, 6) is 0.976. The van der Waals surface area contributed by atoms with Gasteiger partial charge in [0.05, 0.1) is 24.4 Å². The number of rotatable bonds is 5. The number of nitrogens with one attached hydrogen (secondary N) is 1. The van der Waals surface area contributed by atoms with Crippen LogP contribution in [0.1, 0.15) is 24.4 Å². The summed E-state index contributed by atoms with van der Waals surface area (Å²) < 4.78 is 24.6. The fraction of sp³-hybridized carbons (Fsp3) is 0.115. The molecule has 4 aromatic rings. The molecule has 1 atom stereocenters. The number of benzene rings is 3. The Balaban J connectivity index is 1.66. The molecule has 5 rings (SSSR count). The molecule has 0 saturated carbocycles. The zero-order valence-corrected chi connectivity index (χ0v) is 18.5. The predicted octanol–water partition coefficient (Wildman–Crippen LogP) is 5.59. The third-order valence-electron chi connectivity index (χ3n) is 5.69. The van der Waals surface area contributed by atoms with Gasteiger partial charge in [0.15, 0.2) is 0 Å². The molecule has 1 unspecified atom stereocenters. The van der Waals surface area contributed by atoms with Gasteiger partial charge in [-0.25, -0.2) is 9.18 Å². The highest BCUT2D eigenvalue weighted by Crippen LogP contribution is 2.39. The number of nitrogens with zero attached hydrogens (tertiary/aromatic N) is 3. The number of ether oxygens (including phenoxy) is 1. The first-order valence-electron chi connectivity index (χ1n) is 10.7. The summed E-state index contributed by atoms with van der Waals surface area (Å²) in [6, 6.07) is 21.7. The number of hydrogen-bond donors (Lipinski definition) is 1. The molecular formula is C26H21FN4O3. The molecule has 1 N–H and O–H groups in total. The van der Waals surface area contributed by atoms with Crippen molar-refractivity contribution in [2.45, 2.75) is 13.0 Å². The Morgan fingerprint density at radius 2 is 1.79 bits per heavy atom. The Kier molecular flexibility index (Phi) is 5.55. The van der Waals surface area contributed by atoms with E-state index in [1.165, 1.54) is 17.0 Å². The molecule has 0 saturated heterocycles. The average molecular weight is 456 g/mol. The van der Waals surface area contributed by atoms with E-state index in [4.69, 9.17) is 9.26 Å². The lowest BCUT2D eigenvalue weighted by Crippen LogP contribution is -2.46. The zero-order chi connectivity index (χ0) is 23.7. The van der Waals surface area contributed by atoms with E-state index >= 15 is 0 Å². The quantitative estimate of drug-likeness (QED) is 0.424. The normalized spacial score (nSPS) is 15.9. The van der Waals surface area contributed by atoms with E-state index in [0.29, 0.717) is 28.5 Å². The molecule has 0 fully saturated rings. The lowest BCUT2D eigenvalue weighted by molar-refractivity contribution is 0.244. The van der Waals surface area contributed by atoms with Crippen LogP contribution in [0.3, 0.4) is 0 Å². The van der Waals surface area contributed by atoms with Crippen LogP contribution in [0.5, 0.6) is 5.75 Å². The van der Waals surface area contributed by atoms with E-state index in [9.17, 15) is 9.18 Å². The van der Waals surface area contributed by atoms with Gasteiger partial charge in [-0.2, -0.15) is 4.98 Å². The van der Waals surface area contributed by atoms with Crippen LogP contribution in [0.2, 0.25) is 0 Å². The average Bonchev–Trinajstić information content (AvgIpc) is 3.35. The summed E-state index contributed by atoms with van der Waals surface area (Å²) >= 11 is 0. The summed E-state index contributed by atoms with van der Waals surface area (Å²) in [6.07, 6.45) is 0. The molecule has 0 bridgehead atoms. The Bertz CT molecular complexity index is 1370. The van der Waals surface area contributed by atoms with Crippen molar-refractivity contribution in [3.8, 4) is 17.1 Å². The fourth-order valence-corrected chi connectivity index (χ4v) is 4.03. The van der Waals surface area contributed by atoms with E-state index in [2.05, 4.69) is 15.5 Å². The van der Waals surface area contributed by atoms with Gasteiger partial charge >= 0.3 is 6.03 Å². The SMILES string of the molecule is COc1cccc(C2NC(=O)N(c3ccc(F)cc3)C(C)=C2c2nc(-c3ccccc3)no2)c1. The molecule has 1 aromatic heterocycles. The standard InChI is InChI=1S/C26H21FN4O3/c1-16-22(25-29-24(30-34-25)17-7-4-3-5-8-17)23(18-9-6-10-21(15-18)33-2)28-26(32)31(16)20-13-11-19(27)12-14-20/h3-15,23H,1-2H3,(H,28,32). The van der Waals surface area contributed by atoms with Crippen molar-refractivity contribution in [1.29, 1.82) is 0 Å². The van der Waals surface area contributed by atoms with Crippen molar-refractivity contribution in [2.75, 3.05) is 12.0 Å². The maximum Gasteiger partial charge on any atom is 0.326 e. The van der Waals surface area contributed by atoms with Gasteiger partial charge in [0.2, 0.25) is 5.82 Å². The smallest absolute Gasteiger partial charge is 0.326 e. The van der Waals surface area contributed by atoms with Crippen LogP contribution in [0.15, 0.2) is 89.1 Å². The minimum absolute atomic E-state index is 0.274. The zero-order valence-electron chi connectivity index (χ0n) is 18.5. The van der Waals surface area contributed by atoms with Crippen LogP contribution in [-0.2, 0) is 0 Å². The number of anilines is 1. The molecule has 1 aliphatic heterocycles. The third kappa shape index (κ3) is 3.90. The van der Waals surface area contributed by atoms with Gasteiger partial charge in [0.1, 0.15) is 11.6 Å². The molecule has 3 aromatic carbocycles. The molecule has 170 valence electrons. The Morgan fingerprint density at radius 1 is 1.03 bits per heavy atom. The molecular weight excluding hydrogens is 435 g/mol. The van der Waals surface area contributed by atoms with Crippen LogP contribution >= 0.6 is 0 Å². The van der Waals surface area contributed by atoms with Gasteiger partial charge in [-0.1, -0.05) is 47.6 Å². The summed E-state index contributed by atoms with van der Waals surface area (Å²) in [5, 5.41) is 7.19. The Morgan fingerprint density at radius 3 is 2.53 bits per heavy atom. The number of aromatic nitrogens is 2. The molecule has 1 aliphatic rings. The van der Waals surface area contributed by atoms with Gasteiger partial charge in [0, 0.05) is 11.3 Å². The number of hydrogen-bond acceptors (Lipinski definition) is 5. The second-order valence-electron chi connectivity index (χ2n) is 7.76. The van der Waals surface area contributed by atoms with Gasteiger partial charge < -0.3 is 14.6 Å². The second-order valence-corrected chi connectivity index (χ2v) is 7.76. The van der Waals surface area contributed by atoms with Crippen LogP contribution in [0.25, 0.3) is 17.0 Å². The van der Waals surface area contributed by atoms with Crippen LogP contribution in [-0.4, -0.2) is 23.3 Å². The van der Waals surface area contributed by atoms with Gasteiger partial charge in [-0.3, -0.25) is 4.90 Å². The maximum atomic E-state index is 13.5. The van der Waals surface area contributed by atoms with Gasteiger partial charge in [-0.15, -0.1) is 0 Å². The van der Waals surface area contributed by atoms with Crippen LogP contribution in [0, 0.1) is 5.82 Å². The largest absolute Gasteiger partial charge is 0.497 e. The topological polar surface area (TPSA) is 80.5 Å². The lowest BCUT2D eigenvalue weighted by Gasteiger charge is -2.35. The number of allylic oxidation sites excluding steroid dienone is 1. The molecule has 7 nitrogen and oxygen atoms in total. The van der Waals surface area contributed by atoms with Crippen molar-refractivity contribution in [1.82, 2.24) is 15.5 Å². The minimum Gasteiger partial charge on any atom is -0.497 e. The number of carbonyl (C=O) groups excluding carboxylic acids is 1. The molecule has 0 aliphatic carbocycles. The predicted molar refractivity (Wildman–Crippen MR) is 125 cm³/mol. The molecule has 0 spiro atoms. The summed E-state index contributed by atoms with van der Waals surface area (Å²) in [6.45, 7) is 1.80. The van der Waals surface area contributed by atoms with E-state index in [0.717, 1.165) is 11.1 Å². The Labute approximate surface area is 195 Å². The monoisotopic (exact) mass is 456 g/mol. The fourth-order valence-electron chi connectivity index (χ4n) is 4.03. The molecule has 34 heavy (non-hydrogen) atoms. The summed E-state index contributed by atoms with van der Waals surface area (Å²) in [5.41, 5.74) is 3.34. The first-order valence-corrected chi connectivity index (χ1v) is 10.7. The molecule has 2 heterocycles. The number of methoxy groups -OCH3 is 1. The summed E-state index contributed by atoms with van der Waals surface area (Å²) in [7, 11) is 1.58. The van der Waals surface area contributed by atoms with Crippen molar-refractivity contribution < 1.29 is 18.4 Å². The highest BCUT2D eigenvalue weighted by Gasteiger charge is 2.36. The third-order valence-corrected chi connectivity index (χ3v) is 5.69. The van der Waals surface area contributed by atoms with E-state index in [1.54, 1.807) is 26.2 Å². The van der Waals surface area contributed by atoms with Crippen LogP contribution < -0.4 is 15.0 Å². The van der Waals surface area contributed by atoms with Gasteiger partial charge in [0.25, 0.3) is 5.89 Å². The van der Waals surface area contributed by atoms with Crippen molar-refractivity contribution >= 4 is 17.3 Å². The Hall–Kier alpha value is -4.46. The minimum atomic E-state index is -0.566. The molecule has 2 amide bonds. The molecule has 8 heteroatoms. The van der Waals surface area contributed by atoms with E-state index in [1.807, 2.05) is 54.6 Å². The number of amides is 2. The summed E-state index contributed by atoms with van der Waals surface area (Å²) in [4.78, 5) is 19.3. The van der Waals surface area contributed by atoms with Crippen molar-refractivity contribution in [3.63, 3.8) is 0 Å². The van der Waals surface area contributed by atoms with Crippen molar-refractivity contribution in [2.24, 2.45) is 0 Å². The van der Waals surface area contributed by atoms with Crippen molar-refractivity contribution in [3.05, 3.63) is 102 Å². The van der Waals surface area contributed by atoms with E-state index < -0.39 is 6.04 Å². The first-order chi connectivity index (χ1) is 16.5. The molecule has 0 radical (unpaired) electrons. The first kappa shape index (κ1) is 21.4. The maximum absolute atomic E-state index is 13.5. The van der Waals surface area contributed by atoms with E-state index in [-0.39, 0.29) is 17.7 Å². The highest BCUT2D eigenvalue weighted by molar-refractivity contribution is 6.01. The highest BCUT2D eigenvalue weighted by atomic mass is 19.1. The number of halogens is 1. The number of carbonyl (C=O) groups is 1. The van der Waals surface area contributed by atoms with Crippen LogP contribution in [0.4, 0.5) is 14.9 Å².